The summed E-state index contributed by atoms with van der Waals surface area (Å²) in [6.07, 6.45) is 1.30. The van der Waals surface area contributed by atoms with E-state index in [1.807, 2.05) is 6.07 Å². The van der Waals surface area contributed by atoms with Crippen molar-refractivity contribution in [2.75, 3.05) is 6.79 Å². The molecule has 1 heterocycles. The van der Waals surface area contributed by atoms with Crippen molar-refractivity contribution >= 4 is 15.9 Å². The van der Waals surface area contributed by atoms with Crippen LogP contribution in [0.2, 0.25) is 0 Å². The number of fused-ring (bicyclic) bond motifs is 1. The van der Waals surface area contributed by atoms with Crippen molar-refractivity contribution in [2.45, 2.75) is 25.9 Å². The molecule has 0 radical (unpaired) electrons. The van der Waals surface area contributed by atoms with Gasteiger partial charge in [0.2, 0.25) is 6.79 Å². The molecule has 1 aromatic rings. The maximum atomic E-state index is 5.38. The van der Waals surface area contributed by atoms with E-state index in [1.54, 1.807) is 0 Å². The Hall–Kier alpha value is -0.740. The summed E-state index contributed by atoms with van der Waals surface area (Å²) in [5, 5.41) is 3.52. The molecular weight excluding hydrogens is 270 g/mol. The predicted molar refractivity (Wildman–Crippen MR) is 64.7 cm³/mol. The standard InChI is InChI=1S/C12H14BrNO2/c1-7-2-10(7)14-5-8-3-9(13)12-11(4-8)15-6-16-12/h3-4,7,10,14H,2,5-6H2,1H3. The highest BCUT2D eigenvalue weighted by atomic mass is 79.9. The molecule has 2 unspecified atom stereocenters. The highest BCUT2D eigenvalue weighted by Gasteiger charge is 2.31. The second-order valence-electron chi connectivity index (χ2n) is 4.51. The first-order valence-electron chi connectivity index (χ1n) is 5.55. The van der Waals surface area contributed by atoms with E-state index in [4.69, 9.17) is 9.47 Å². The highest BCUT2D eigenvalue weighted by Crippen LogP contribution is 2.40. The quantitative estimate of drug-likeness (QED) is 0.925. The fraction of sp³-hybridized carbons (Fsp3) is 0.500. The Kier molecular flexibility index (Phi) is 2.56. The average molecular weight is 284 g/mol. The van der Waals surface area contributed by atoms with Gasteiger partial charge in [-0.1, -0.05) is 6.92 Å². The number of ether oxygens (including phenoxy) is 2. The molecule has 1 aromatic carbocycles. The summed E-state index contributed by atoms with van der Waals surface area (Å²) in [5.41, 5.74) is 1.23. The van der Waals surface area contributed by atoms with Crippen LogP contribution >= 0.6 is 15.9 Å². The monoisotopic (exact) mass is 283 g/mol. The van der Waals surface area contributed by atoms with E-state index in [2.05, 4.69) is 34.2 Å². The minimum atomic E-state index is 0.324. The summed E-state index contributed by atoms with van der Waals surface area (Å²) in [6.45, 7) is 3.49. The number of hydrogen-bond acceptors (Lipinski definition) is 3. The Morgan fingerprint density at radius 1 is 1.44 bits per heavy atom. The lowest BCUT2D eigenvalue weighted by Gasteiger charge is -2.06. The van der Waals surface area contributed by atoms with Crippen molar-refractivity contribution in [1.82, 2.24) is 5.32 Å². The lowest BCUT2D eigenvalue weighted by molar-refractivity contribution is 0.173. The molecule has 1 aliphatic carbocycles. The SMILES string of the molecule is CC1CC1NCc1cc(Br)c2c(c1)OCO2. The normalized spacial score (nSPS) is 25.9. The van der Waals surface area contributed by atoms with E-state index in [1.165, 1.54) is 12.0 Å². The number of halogens is 1. The summed E-state index contributed by atoms with van der Waals surface area (Å²) in [6, 6.07) is 4.84. The Morgan fingerprint density at radius 3 is 3.00 bits per heavy atom. The molecule has 1 N–H and O–H groups in total. The van der Waals surface area contributed by atoms with E-state index in [-0.39, 0.29) is 0 Å². The van der Waals surface area contributed by atoms with E-state index in [0.717, 1.165) is 28.4 Å². The molecule has 0 bridgehead atoms. The molecule has 0 amide bonds. The fourth-order valence-corrected chi connectivity index (χ4v) is 2.58. The minimum absolute atomic E-state index is 0.324. The second-order valence-corrected chi connectivity index (χ2v) is 5.37. The highest BCUT2D eigenvalue weighted by molar-refractivity contribution is 9.10. The molecule has 2 atom stereocenters. The van der Waals surface area contributed by atoms with Gasteiger partial charge in [0.15, 0.2) is 11.5 Å². The summed E-state index contributed by atoms with van der Waals surface area (Å²) in [4.78, 5) is 0. The third kappa shape index (κ3) is 1.92. The number of benzene rings is 1. The van der Waals surface area contributed by atoms with Gasteiger partial charge in [0, 0.05) is 12.6 Å². The largest absolute Gasteiger partial charge is 0.454 e. The van der Waals surface area contributed by atoms with Crippen molar-refractivity contribution in [3.05, 3.63) is 22.2 Å². The zero-order valence-corrected chi connectivity index (χ0v) is 10.7. The van der Waals surface area contributed by atoms with Crippen LogP contribution < -0.4 is 14.8 Å². The van der Waals surface area contributed by atoms with Crippen LogP contribution in [0.4, 0.5) is 0 Å². The van der Waals surface area contributed by atoms with Crippen LogP contribution in [0.15, 0.2) is 16.6 Å². The molecule has 0 spiro atoms. The van der Waals surface area contributed by atoms with Crippen molar-refractivity contribution in [3.63, 3.8) is 0 Å². The van der Waals surface area contributed by atoms with Crippen LogP contribution in [-0.2, 0) is 6.54 Å². The van der Waals surface area contributed by atoms with Gasteiger partial charge in [0.05, 0.1) is 4.47 Å². The third-order valence-electron chi connectivity index (χ3n) is 3.16. The first kappa shape index (κ1) is 10.4. The number of hydrogen-bond donors (Lipinski definition) is 1. The van der Waals surface area contributed by atoms with Crippen LogP contribution in [-0.4, -0.2) is 12.8 Å². The maximum absolute atomic E-state index is 5.38. The topological polar surface area (TPSA) is 30.5 Å². The zero-order valence-electron chi connectivity index (χ0n) is 9.13. The van der Waals surface area contributed by atoms with Gasteiger partial charge in [0.25, 0.3) is 0 Å². The van der Waals surface area contributed by atoms with Crippen LogP contribution in [0, 0.1) is 5.92 Å². The van der Waals surface area contributed by atoms with Gasteiger partial charge in [-0.15, -0.1) is 0 Å². The summed E-state index contributed by atoms with van der Waals surface area (Å²) < 4.78 is 11.7. The van der Waals surface area contributed by atoms with Crippen LogP contribution in [0.3, 0.4) is 0 Å². The molecule has 4 heteroatoms. The fourth-order valence-electron chi connectivity index (χ4n) is 1.98. The lowest BCUT2D eigenvalue weighted by atomic mass is 10.2. The third-order valence-corrected chi connectivity index (χ3v) is 3.75. The van der Waals surface area contributed by atoms with Gasteiger partial charge >= 0.3 is 0 Å². The first-order chi connectivity index (χ1) is 7.74. The molecule has 1 fully saturated rings. The molecule has 1 saturated carbocycles. The predicted octanol–water partition coefficient (Wildman–Crippen LogP) is 2.68. The molecule has 2 aliphatic rings. The second kappa shape index (κ2) is 3.93. The number of rotatable bonds is 3. The van der Waals surface area contributed by atoms with Gasteiger partial charge in [-0.3, -0.25) is 0 Å². The molecule has 16 heavy (non-hydrogen) atoms. The van der Waals surface area contributed by atoms with Crippen molar-refractivity contribution in [2.24, 2.45) is 5.92 Å². The van der Waals surface area contributed by atoms with Gasteiger partial charge in [-0.25, -0.2) is 0 Å². The Bertz CT molecular complexity index is 422. The molecule has 0 saturated heterocycles. The van der Waals surface area contributed by atoms with Crippen LogP contribution in [0.5, 0.6) is 11.5 Å². The van der Waals surface area contributed by atoms with E-state index < -0.39 is 0 Å². The minimum Gasteiger partial charge on any atom is -0.454 e. The Morgan fingerprint density at radius 2 is 2.25 bits per heavy atom. The first-order valence-corrected chi connectivity index (χ1v) is 6.35. The van der Waals surface area contributed by atoms with Crippen LogP contribution in [0.1, 0.15) is 18.9 Å². The average Bonchev–Trinajstić information content (AvgIpc) is 2.78. The molecule has 0 aromatic heterocycles. The van der Waals surface area contributed by atoms with Gasteiger partial charge < -0.3 is 14.8 Å². The van der Waals surface area contributed by atoms with E-state index in [0.29, 0.717) is 12.8 Å². The summed E-state index contributed by atoms with van der Waals surface area (Å²) in [7, 11) is 0. The maximum Gasteiger partial charge on any atom is 0.231 e. The Labute approximate surface area is 103 Å². The molecule has 1 aliphatic heterocycles. The van der Waals surface area contributed by atoms with Crippen molar-refractivity contribution in [3.8, 4) is 11.5 Å². The molecule has 86 valence electrons. The summed E-state index contributed by atoms with van der Waals surface area (Å²) in [5.74, 6) is 2.50. The van der Waals surface area contributed by atoms with E-state index >= 15 is 0 Å². The number of nitrogens with one attached hydrogen (secondary N) is 1. The van der Waals surface area contributed by atoms with Crippen molar-refractivity contribution in [1.29, 1.82) is 0 Å². The smallest absolute Gasteiger partial charge is 0.231 e. The van der Waals surface area contributed by atoms with Crippen molar-refractivity contribution < 1.29 is 9.47 Å². The van der Waals surface area contributed by atoms with E-state index in [9.17, 15) is 0 Å². The zero-order chi connectivity index (χ0) is 11.1. The summed E-state index contributed by atoms with van der Waals surface area (Å²) >= 11 is 3.50. The molecule has 3 nitrogen and oxygen atoms in total. The van der Waals surface area contributed by atoms with Crippen LogP contribution in [0.25, 0.3) is 0 Å². The van der Waals surface area contributed by atoms with Gasteiger partial charge in [-0.2, -0.15) is 0 Å². The lowest BCUT2D eigenvalue weighted by Crippen LogP contribution is -2.16. The molecular formula is C12H14BrNO2. The Balaban J connectivity index is 1.73. The van der Waals surface area contributed by atoms with Gasteiger partial charge in [0.1, 0.15) is 0 Å². The van der Waals surface area contributed by atoms with Gasteiger partial charge in [-0.05, 0) is 46.0 Å². The molecule has 3 rings (SSSR count).